The third kappa shape index (κ3) is 3.26. The fraction of sp³-hybridized carbons (Fsp3) is 0.0588. The molecule has 1 heterocycles. The zero-order valence-corrected chi connectivity index (χ0v) is 14.2. The van der Waals surface area contributed by atoms with Gasteiger partial charge in [-0.05, 0) is 36.4 Å². The Labute approximate surface area is 144 Å². The van der Waals surface area contributed by atoms with Crippen molar-refractivity contribution in [1.29, 1.82) is 0 Å². The number of hydrogen-bond donors (Lipinski definition) is 0. The van der Waals surface area contributed by atoms with E-state index in [0.717, 1.165) is 14.7 Å². The summed E-state index contributed by atoms with van der Waals surface area (Å²) < 4.78 is 16.9. The second-order valence-corrected chi connectivity index (χ2v) is 6.64. The smallest absolute Gasteiger partial charge is 0.279 e. The van der Waals surface area contributed by atoms with E-state index in [0.29, 0.717) is 11.3 Å². The van der Waals surface area contributed by atoms with Crippen LogP contribution in [0.25, 0.3) is 10.2 Å². The molecule has 2 aromatic carbocycles. The van der Waals surface area contributed by atoms with Gasteiger partial charge in [0.25, 0.3) is 5.91 Å². The van der Waals surface area contributed by atoms with E-state index in [2.05, 4.69) is 26.8 Å². The van der Waals surface area contributed by atoms with Gasteiger partial charge in [0.15, 0.2) is 4.80 Å². The van der Waals surface area contributed by atoms with Crippen molar-refractivity contribution in [3.05, 3.63) is 63.1 Å². The Morgan fingerprint density at radius 2 is 2.17 bits per heavy atom. The molecule has 0 aliphatic carbocycles. The van der Waals surface area contributed by atoms with Gasteiger partial charge in [-0.15, -0.1) is 6.42 Å². The maximum absolute atomic E-state index is 13.2. The van der Waals surface area contributed by atoms with Crippen molar-refractivity contribution in [2.75, 3.05) is 0 Å². The van der Waals surface area contributed by atoms with Crippen LogP contribution < -0.4 is 4.80 Å². The molecule has 3 aromatic rings. The number of fused-ring (bicyclic) bond motifs is 1. The number of aromatic nitrogens is 1. The molecular formula is C17H10BrFN2OS. The zero-order valence-electron chi connectivity index (χ0n) is 11.8. The molecule has 23 heavy (non-hydrogen) atoms. The summed E-state index contributed by atoms with van der Waals surface area (Å²) in [4.78, 5) is 16.9. The van der Waals surface area contributed by atoms with Crippen molar-refractivity contribution in [3.63, 3.8) is 0 Å². The van der Waals surface area contributed by atoms with Crippen LogP contribution in [0.4, 0.5) is 4.39 Å². The third-order valence-electron chi connectivity index (χ3n) is 3.16. The molecule has 0 bridgehead atoms. The van der Waals surface area contributed by atoms with Crippen LogP contribution in [0.15, 0.2) is 51.9 Å². The number of halogens is 2. The number of amides is 1. The Morgan fingerprint density at radius 1 is 1.35 bits per heavy atom. The summed E-state index contributed by atoms with van der Waals surface area (Å²) in [5.74, 6) is 1.60. The monoisotopic (exact) mass is 388 g/mol. The van der Waals surface area contributed by atoms with E-state index in [4.69, 9.17) is 6.42 Å². The number of hydrogen-bond acceptors (Lipinski definition) is 2. The van der Waals surface area contributed by atoms with Gasteiger partial charge in [0.2, 0.25) is 0 Å². The number of carbonyl (C=O) groups is 1. The third-order valence-corrected chi connectivity index (χ3v) is 4.70. The molecule has 0 N–H and O–H groups in total. The van der Waals surface area contributed by atoms with Crippen molar-refractivity contribution < 1.29 is 9.18 Å². The lowest BCUT2D eigenvalue weighted by molar-refractivity contribution is 0.0997. The molecule has 0 unspecified atom stereocenters. The molecule has 0 atom stereocenters. The topological polar surface area (TPSA) is 34.4 Å². The van der Waals surface area contributed by atoms with Gasteiger partial charge >= 0.3 is 0 Å². The predicted octanol–water partition coefficient (Wildman–Crippen LogP) is 3.98. The molecule has 0 aliphatic rings. The lowest BCUT2D eigenvalue weighted by Crippen LogP contribution is -2.16. The summed E-state index contributed by atoms with van der Waals surface area (Å²) in [6.45, 7) is 0.302. The van der Waals surface area contributed by atoms with Crippen molar-refractivity contribution in [2.24, 2.45) is 4.99 Å². The van der Waals surface area contributed by atoms with Gasteiger partial charge in [-0.3, -0.25) is 4.79 Å². The van der Waals surface area contributed by atoms with E-state index in [1.807, 2.05) is 18.2 Å². The molecule has 1 aromatic heterocycles. The fourth-order valence-electron chi connectivity index (χ4n) is 2.15. The van der Waals surface area contributed by atoms with E-state index in [-0.39, 0.29) is 5.56 Å². The second kappa shape index (κ2) is 6.49. The fourth-order valence-corrected chi connectivity index (χ4v) is 3.73. The minimum Gasteiger partial charge on any atom is -0.305 e. The molecule has 6 heteroatoms. The van der Waals surface area contributed by atoms with E-state index >= 15 is 0 Å². The summed E-state index contributed by atoms with van der Waals surface area (Å²) in [6, 6.07) is 11.2. The van der Waals surface area contributed by atoms with Crippen molar-refractivity contribution in [2.45, 2.75) is 6.54 Å². The van der Waals surface area contributed by atoms with Crippen LogP contribution in [0, 0.1) is 18.2 Å². The van der Waals surface area contributed by atoms with Crippen LogP contribution in [0.1, 0.15) is 10.4 Å². The Bertz CT molecular complexity index is 1010. The number of carbonyl (C=O) groups excluding carboxylic acids is 1. The number of nitrogens with zero attached hydrogens (tertiary/aromatic N) is 2. The Kier molecular flexibility index (Phi) is 4.42. The summed E-state index contributed by atoms with van der Waals surface area (Å²) in [7, 11) is 0. The highest BCUT2D eigenvalue weighted by Crippen LogP contribution is 2.22. The normalized spacial score (nSPS) is 11.6. The lowest BCUT2D eigenvalue weighted by atomic mass is 10.2. The number of terminal acetylenes is 1. The van der Waals surface area contributed by atoms with E-state index in [1.165, 1.54) is 35.6 Å². The van der Waals surface area contributed by atoms with Gasteiger partial charge in [0.1, 0.15) is 5.82 Å². The van der Waals surface area contributed by atoms with Gasteiger partial charge in [0, 0.05) is 10.0 Å². The van der Waals surface area contributed by atoms with Gasteiger partial charge in [-0.1, -0.05) is 39.3 Å². The van der Waals surface area contributed by atoms with Crippen LogP contribution in [-0.2, 0) is 6.54 Å². The highest BCUT2D eigenvalue weighted by molar-refractivity contribution is 9.10. The molecule has 0 radical (unpaired) electrons. The van der Waals surface area contributed by atoms with E-state index < -0.39 is 11.7 Å². The number of benzene rings is 2. The standard InChI is InChI=1S/C17H10BrFN2OS/c1-2-8-21-14-7-6-12(18)10-15(14)23-17(21)20-16(22)11-4-3-5-13(19)9-11/h1,3-7,9-10H,8H2. The first kappa shape index (κ1) is 15.7. The molecule has 3 nitrogen and oxygen atoms in total. The average molecular weight is 389 g/mol. The molecule has 1 amide bonds. The second-order valence-electron chi connectivity index (χ2n) is 4.71. The van der Waals surface area contributed by atoms with Crippen LogP contribution in [0.2, 0.25) is 0 Å². The highest BCUT2D eigenvalue weighted by atomic mass is 79.9. The molecule has 0 aliphatic heterocycles. The van der Waals surface area contributed by atoms with Crippen LogP contribution in [0.5, 0.6) is 0 Å². The molecule has 0 saturated heterocycles. The molecule has 3 rings (SSSR count). The highest BCUT2D eigenvalue weighted by Gasteiger charge is 2.09. The predicted molar refractivity (Wildman–Crippen MR) is 92.6 cm³/mol. The molecule has 0 spiro atoms. The first-order chi connectivity index (χ1) is 11.1. The molecule has 114 valence electrons. The first-order valence-corrected chi connectivity index (χ1v) is 8.26. The minimum absolute atomic E-state index is 0.205. The Hall–Kier alpha value is -2.23. The number of thiazole rings is 1. The van der Waals surface area contributed by atoms with Crippen LogP contribution in [0.3, 0.4) is 0 Å². The first-order valence-electron chi connectivity index (χ1n) is 6.65. The van der Waals surface area contributed by atoms with Gasteiger partial charge < -0.3 is 4.57 Å². The maximum Gasteiger partial charge on any atom is 0.279 e. The largest absolute Gasteiger partial charge is 0.305 e. The lowest BCUT2D eigenvalue weighted by Gasteiger charge is -2.00. The molecular weight excluding hydrogens is 379 g/mol. The van der Waals surface area contributed by atoms with Crippen molar-refractivity contribution >= 4 is 43.4 Å². The quantitative estimate of drug-likeness (QED) is 0.611. The molecule has 0 fully saturated rings. The minimum atomic E-state index is -0.499. The maximum atomic E-state index is 13.2. The van der Waals surface area contributed by atoms with E-state index in [9.17, 15) is 9.18 Å². The van der Waals surface area contributed by atoms with Gasteiger partial charge in [-0.2, -0.15) is 4.99 Å². The van der Waals surface area contributed by atoms with Crippen molar-refractivity contribution in [1.82, 2.24) is 4.57 Å². The zero-order chi connectivity index (χ0) is 16.4. The summed E-state index contributed by atoms with van der Waals surface area (Å²) in [6.07, 6.45) is 5.42. The summed E-state index contributed by atoms with van der Waals surface area (Å²) >= 11 is 4.78. The van der Waals surface area contributed by atoms with Crippen LogP contribution in [-0.4, -0.2) is 10.5 Å². The SMILES string of the molecule is C#CCn1c(=NC(=O)c2cccc(F)c2)sc2cc(Br)ccc21. The summed E-state index contributed by atoms with van der Waals surface area (Å²) in [5.41, 5.74) is 1.11. The summed E-state index contributed by atoms with van der Waals surface area (Å²) in [5, 5.41) is 0. The van der Waals surface area contributed by atoms with Gasteiger partial charge in [0.05, 0.1) is 16.8 Å². The van der Waals surface area contributed by atoms with Crippen LogP contribution >= 0.6 is 27.3 Å². The van der Waals surface area contributed by atoms with Crippen molar-refractivity contribution in [3.8, 4) is 12.3 Å². The number of rotatable bonds is 2. The van der Waals surface area contributed by atoms with Gasteiger partial charge in [-0.25, -0.2) is 4.39 Å². The molecule has 0 saturated carbocycles. The Balaban J connectivity index is 2.16. The van der Waals surface area contributed by atoms with E-state index in [1.54, 1.807) is 4.57 Å². The average Bonchev–Trinajstić information content (AvgIpc) is 2.84. The Morgan fingerprint density at radius 3 is 2.91 bits per heavy atom.